The minimum absolute atomic E-state index is 0.267. The van der Waals surface area contributed by atoms with Gasteiger partial charge in [-0.3, -0.25) is 0 Å². The molecule has 0 amide bonds. The van der Waals surface area contributed by atoms with E-state index in [0.29, 0.717) is 10.9 Å². The molecule has 0 saturated heterocycles. The number of benzene rings is 1. The standard InChI is InChI=1S/C10H8ClF3O/c11-9-5-7(15-10(12,13)14)3-4-8(9)6-1-2-6/h3-6H,1-2H2. The molecule has 0 N–H and O–H groups in total. The summed E-state index contributed by atoms with van der Waals surface area (Å²) in [5.74, 6) is 0.148. The summed E-state index contributed by atoms with van der Waals surface area (Å²) in [6, 6.07) is 4.11. The van der Waals surface area contributed by atoms with E-state index < -0.39 is 6.36 Å². The van der Waals surface area contributed by atoms with Gasteiger partial charge in [0.1, 0.15) is 5.75 Å². The van der Waals surface area contributed by atoms with Crippen LogP contribution in [0.4, 0.5) is 13.2 Å². The maximum Gasteiger partial charge on any atom is 0.573 e. The van der Waals surface area contributed by atoms with Crippen molar-refractivity contribution in [3.8, 4) is 5.75 Å². The van der Waals surface area contributed by atoms with Gasteiger partial charge >= 0.3 is 6.36 Å². The lowest BCUT2D eigenvalue weighted by atomic mass is 10.1. The molecule has 0 aromatic heterocycles. The van der Waals surface area contributed by atoms with Crippen molar-refractivity contribution in [2.45, 2.75) is 25.1 Å². The van der Waals surface area contributed by atoms with E-state index in [4.69, 9.17) is 11.6 Å². The van der Waals surface area contributed by atoms with Crippen LogP contribution in [0.2, 0.25) is 5.02 Å². The predicted molar refractivity (Wildman–Crippen MR) is 50.1 cm³/mol. The van der Waals surface area contributed by atoms with E-state index in [-0.39, 0.29) is 5.75 Å². The summed E-state index contributed by atoms with van der Waals surface area (Å²) in [7, 11) is 0. The Morgan fingerprint density at radius 2 is 1.93 bits per heavy atom. The van der Waals surface area contributed by atoms with Gasteiger partial charge in [0.25, 0.3) is 0 Å². The number of hydrogen-bond donors (Lipinski definition) is 0. The molecule has 1 aliphatic rings. The lowest BCUT2D eigenvalue weighted by Gasteiger charge is -2.10. The Labute approximate surface area is 89.8 Å². The molecule has 1 aromatic rings. The molecule has 0 bridgehead atoms. The summed E-state index contributed by atoms with van der Waals surface area (Å²) in [6.07, 6.45) is -2.55. The Morgan fingerprint density at radius 1 is 1.27 bits per heavy atom. The Hall–Kier alpha value is -0.900. The first-order valence-electron chi connectivity index (χ1n) is 4.51. The van der Waals surface area contributed by atoms with E-state index in [1.54, 1.807) is 6.07 Å². The zero-order chi connectivity index (χ0) is 11.1. The van der Waals surface area contributed by atoms with E-state index >= 15 is 0 Å². The topological polar surface area (TPSA) is 9.23 Å². The van der Waals surface area contributed by atoms with Gasteiger partial charge in [0, 0.05) is 5.02 Å². The van der Waals surface area contributed by atoms with E-state index in [9.17, 15) is 13.2 Å². The van der Waals surface area contributed by atoms with Crippen molar-refractivity contribution >= 4 is 11.6 Å². The second kappa shape index (κ2) is 3.59. The molecule has 1 aliphatic carbocycles. The first-order valence-corrected chi connectivity index (χ1v) is 4.89. The fraction of sp³-hybridized carbons (Fsp3) is 0.400. The molecule has 1 aromatic carbocycles. The van der Waals surface area contributed by atoms with E-state index in [2.05, 4.69) is 4.74 Å². The van der Waals surface area contributed by atoms with Gasteiger partial charge in [-0.1, -0.05) is 17.7 Å². The van der Waals surface area contributed by atoms with Crippen LogP contribution in [0.15, 0.2) is 18.2 Å². The van der Waals surface area contributed by atoms with Gasteiger partial charge in [-0.25, -0.2) is 0 Å². The Kier molecular flexibility index (Phi) is 2.54. The highest BCUT2D eigenvalue weighted by Gasteiger charge is 2.32. The lowest BCUT2D eigenvalue weighted by molar-refractivity contribution is -0.274. The van der Waals surface area contributed by atoms with Crippen LogP contribution in [0.3, 0.4) is 0 Å². The van der Waals surface area contributed by atoms with Crippen molar-refractivity contribution in [3.05, 3.63) is 28.8 Å². The normalized spacial score (nSPS) is 16.5. The molecule has 1 saturated carbocycles. The molecule has 1 nitrogen and oxygen atoms in total. The highest BCUT2D eigenvalue weighted by molar-refractivity contribution is 6.31. The summed E-state index contributed by atoms with van der Waals surface area (Å²) < 4.78 is 39.4. The summed E-state index contributed by atoms with van der Waals surface area (Å²) in [5.41, 5.74) is 0.909. The van der Waals surface area contributed by atoms with Gasteiger partial charge in [-0.05, 0) is 36.5 Å². The van der Waals surface area contributed by atoms with Crippen molar-refractivity contribution in [2.75, 3.05) is 0 Å². The minimum Gasteiger partial charge on any atom is -0.406 e. The first kappa shape index (κ1) is 10.6. The van der Waals surface area contributed by atoms with Crippen LogP contribution >= 0.6 is 11.6 Å². The van der Waals surface area contributed by atoms with Crippen LogP contribution in [0.25, 0.3) is 0 Å². The Morgan fingerprint density at radius 3 is 2.40 bits per heavy atom. The van der Waals surface area contributed by atoms with Gasteiger partial charge in [0.15, 0.2) is 0 Å². The number of rotatable bonds is 2. The second-order valence-corrected chi connectivity index (χ2v) is 3.91. The quantitative estimate of drug-likeness (QED) is 0.751. The first-order chi connectivity index (χ1) is 6.96. The molecule has 5 heteroatoms. The molecular formula is C10H8ClF3O. The predicted octanol–water partition coefficient (Wildman–Crippen LogP) is 4.12. The number of ether oxygens (including phenoxy) is 1. The maximum atomic E-state index is 11.9. The highest BCUT2D eigenvalue weighted by atomic mass is 35.5. The highest BCUT2D eigenvalue weighted by Crippen LogP contribution is 2.44. The van der Waals surface area contributed by atoms with Crippen LogP contribution in [-0.2, 0) is 0 Å². The third-order valence-electron chi connectivity index (χ3n) is 2.22. The number of alkyl halides is 3. The molecule has 0 heterocycles. The summed E-state index contributed by atoms with van der Waals surface area (Å²) in [4.78, 5) is 0. The fourth-order valence-corrected chi connectivity index (χ4v) is 1.76. The van der Waals surface area contributed by atoms with Crippen LogP contribution in [0.1, 0.15) is 24.3 Å². The Balaban J connectivity index is 2.17. The summed E-state index contributed by atoms with van der Waals surface area (Å²) >= 11 is 5.85. The van der Waals surface area contributed by atoms with Crippen molar-refractivity contribution in [3.63, 3.8) is 0 Å². The molecule has 0 spiro atoms. The molecule has 0 aliphatic heterocycles. The summed E-state index contributed by atoms with van der Waals surface area (Å²) in [6.45, 7) is 0. The van der Waals surface area contributed by atoms with Gasteiger partial charge in [0.05, 0.1) is 0 Å². The van der Waals surface area contributed by atoms with Gasteiger partial charge in [0.2, 0.25) is 0 Å². The average Bonchev–Trinajstić information content (AvgIpc) is 2.84. The monoisotopic (exact) mass is 236 g/mol. The second-order valence-electron chi connectivity index (χ2n) is 3.51. The van der Waals surface area contributed by atoms with Crippen molar-refractivity contribution in [2.24, 2.45) is 0 Å². The largest absolute Gasteiger partial charge is 0.573 e. The lowest BCUT2D eigenvalue weighted by Crippen LogP contribution is -2.17. The van der Waals surface area contributed by atoms with E-state index in [0.717, 1.165) is 18.4 Å². The van der Waals surface area contributed by atoms with Crippen LogP contribution in [-0.4, -0.2) is 6.36 Å². The van der Waals surface area contributed by atoms with E-state index in [1.165, 1.54) is 12.1 Å². The van der Waals surface area contributed by atoms with Crippen molar-refractivity contribution in [1.29, 1.82) is 0 Å². The van der Waals surface area contributed by atoms with Crippen molar-refractivity contribution < 1.29 is 17.9 Å². The number of halogens is 4. The Bertz CT molecular complexity index is 371. The average molecular weight is 237 g/mol. The van der Waals surface area contributed by atoms with Crippen LogP contribution < -0.4 is 4.74 Å². The molecule has 0 radical (unpaired) electrons. The van der Waals surface area contributed by atoms with Gasteiger partial charge < -0.3 is 4.74 Å². The molecule has 1 fully saturated rings. The molecule has 0 unspecified atom stereocenters. The van der Waals surface area contributed by atoms with E-state index in [1.807, 2.05) is 0 Å². The van der Waals surface area contributed by atoms with Crippen LogP contribution in [0, 0.1) is 0 Å². The smallest absolute Gasteiger partial charge is 0.406 e. The third kappa shape index (κ3) is 2.78. The minimum atomic E-state index is -4.66. The molecule has 15 heavy (non-hydrogen) atoms. The summed E-state index contributed by atoms with van der Waals surface area (Å²) in [5, 5.41) is 0.347. The van der Waals surface area contributed by atoms with Crippen LogP contribution in [0.5, 0.6) is 5.75 Å². The maximum absolute atomic E-state index is 11.9. The zero-order valence-corrected chi connectivity index (χ0v) is 8.40. The third-order valence-corrected chi connectivity index (χ3v) is 2.55. The van der Waals surface area contributed by atoms with Gasteiger partial charge in [-0.2, -0.15) is 0 Å². The SMILES string of the molecule is FC(F)(F)Oc1ccc(C2CC2)c(Cl)c1. The van der Waals surface area contributed by atoms with Gasteiger partial charge in [-0.15, -0.1) is 13.2 Å². The fourth-order valence-electron chi connectivity index (χ4n) is 1.43. The number of hydrogen-bond acceptors (Lipinski definition) is 1. The molecule has 2 rings (SSSR count). The van der Waals surface area contributed by atoms with Crippen molar-refractivity contribution in [1.82, 2.24) is 0 Å². The molecule has 0 atom stereocenters. The molecule has 82 valence electrons. The zero-order valence-electron chi connectivity index (χ0n) is 7.64. The molecular weight excluding hydrogens is 229 g/mol.